The summed E-state index contributed by atoms with van der Waals surface area (Å²) in [5.74, 6) is 1.40. The maximum absolute atomic E-state index is 6.14. The molecule has 1 aromatic rings. The van der Waals surface area contributed by atoms with Crippen molar-refractivity contribution < 1.29 is 4.74 Å². The third-order valence-corrected chi connectivity index (χ3v) is 6.00. The number of aliphatic imine (C=N–C) groups is 1. The van der Waals surface area contributed by atoms with Crippen molar-refractivity contribution in [1.29, 1.82) is 0 Å². The van der Waals surface area contributed by atoms with Gasteiger partial charge in [0.1, 0.15) is 0 Å². The van der Waals surface area contributed by atoms with Crippen molar-refractivity contribution in [3.8, 4) is 0 Å². The Bertz CT molecular complexity index is 602. The number of rotatable bonds is 6. The molecule has 0 aromatic heterocycles. The molecule has 0 spiro atoms. The number of piperidine rings is 1. The Balaban J connectivity index is 0.00000300. The second-order valence-electron chi connectivity index (χ2n) is 8.37. The largest absolute Gasteiger partial charge is 0.373 e. The van der Waals surface area contributed by atoms with Crippen LogP contribution in [0.5, 0.6) is 0 Å². The molecule has 0 saturated carbocycles. The first-order valence-electron chi connectivity index (χ1n) is 11.1. The number of nitrogens with zero attached hydrogens (tertiary/aromatic N) is 2. The lowest BCUT2D eigenvalue weighted by Gasteiger charge is -2.35. The second kappa shape index (κ2) is 12.7. The van der Waals surface area contributed by atoms with Gasteiger partial charge in [0.25, 0.3) is 0 Å². The first-order valence-corrected chi connectivity index (χ1v) is 11.1. The lowest BCUT2D eigenvalue weighted by Crippen LogP contribution is -2.50. The lowest BCUT2D eigenvalue weighted by atomic mass is 9.89. The Kier molecular flexibility index (Phi) is 10.7. The normalized spacial score (nSPS) is 24.2. The van der Waals surface area contributed by atoms with E-state index >= 15 is 0 Å². The van der Waals surface area contributed by atoms with Crippen molar-refractivity contribution in [2.24, 2.45) is 10.9 Å². The van der Waals surface area contributed by atoms with Gasteiger partial charge in [0.2, 0.25) is 0 Å². The van der Waals surface area contributed by atoms with Gasteiger partial charge in [0, 0.05) is 50.8 Å². The summed E-state index contributed by atoms with van der Waals surface area (Å²) in [4.78, 5) is 7.52. The van der Waals surface area contributed by atoms with Gasteiger partial charge in [-0.25, -0.2) is 0 Å². The molecule has 6 heteroatoms. The van der Waals surface area contributed by atoms with E-state index in [9.17, 15) is 0 Å². The molecular formula is C23H39IN4O. The summed E-state index contributed by atoms with van der Waals surface area (Å²) in [5.41, 5.74) is 1.28. The molecule has 2 N–H and O–H groups in total. The Morgan fingerprint density at radius 3 is 2.55 bits per heavy atom. The zero-order valence-electron chi connectivity index (χ0n) is 18.3. The van der Waals surface area contributed by atoms with Crippen molar-refractivity contribution in [1.82, 2.24) is 15.5 Å². The van der Waals surface area contributed by atoms with E-state index in [-0.39, 0.29) is 30.1 Å². The van der Waals surface area contributed by atoms with Crippen LogP contribution in [0.15, 0.2) is 35.3 Å². The average molecular weight is 514 g/mol. The van der Waals surface area contributed by atoms with Crippen LogP contribution < -0.4 is 10.6 Å². The molecule has 0 amide bonds. The fourth-order valence-electron chi connectivity index (χ4n) is 4.32. The van der Waals surface area contributed by atoms with E-state index in [1.807, 2.05) is 0 Å². The summed E-state index contributed by atoms with van der Waals surface area (Å²) in [6, 6.07) is 11.8. The maximum atomic E-state index is 6.14. The first kappa shape index (κ1) is 24.4. The second-order valence-corrected chi connectivity index (χ2v) is 8.37. The van der Waals surface area contributed by atoms with Gasteiger partial charge in [0.05, 0.1) is 6.10 Å². The third-order valence-electron chi connectivity index (χ3n) is 6.00. The maximum Gasteiger partial charge on any atom is 0.191 e. The van der Waals surface area contributed by atoms with Crippen LogP contribution in [0.1, 0.15) is 58.1 Å². The van der Waals surface area contributed by atoms with Crippen LogP contribution in [0.3, 0.4) is 0 Å². The number of hydrogen-bond donors (Lipinski definition) is 2. The summed E-state index contributed by atoms with van der Waals surface area (Å²) in [6.45, 7) is 11.6. The summed E-state index contributed by atoms with van der Waals surface area (Å²) >= 11 is 0. The van der Waals surface area contributed by atoms with Crippen LogP contribution in [0.2, 0.25) is 0 Å². The summed E-state index contributed by atoms with van der Waals surface area (Å²) in [7, 11) is 0. The average Bonchev–Trinajstić information content (AvgIpc) is 2.73. The molecule has 2 aliphatic rings. The summed E-state index contributed by atoms with van der Waals surface area (Å²) < 4.78 is 6.14. The fraction of sp³-hybridized carbons (Fsp3) is 0.696. The minimum atomic E-state index is 0. The zero-order valence-corrected chi connectivity index (χ0v) is 20.6. The van der Waals surface area contributed by atoms with Gasteiger partial charge in [-0.05, 0) is 52.0 Å². The van der Waals surface area contributed by atoms with Crippen molar-refractivity contribution in [2.75, 3.05) is 32.8 Å². The number of ether oxygens (including phenoxy) is 1. The number of guanidine groups is 1. The van der Waals surface area contributed by atoms with Crippen LogP contribution in [0.25, 0.3) is 0 Å². The Morgan fingerprint density at radius 2 is 1.90 bits per heavy atom. The predicted octanol–water partition coefficient (Wildman–Crippen LogP) is 4.20. The number of halogens is 1. The van der Waals surface area contributed by atoms with E-state index in [1.54, 1.807) is 0 Å². The van der Waals surface area contributed by atoms with Gasteiger partial charge in [-0.2, -0.15) is 0 Å². The minimum absolute atomic E-state index is 0. The summed E-state index contributed by atoms with van der Waals surface area (Å²) in [6.07, 6.45) is 4.83. The smallest absolute Gasteiger partial charge is 0.191 e. The van der Waals surface area contributed by atoms with E-state index in [0.717, 1.165) is 32.1 Å². The van der Waals surface area contributed by atoms with E-state index in [1.165, 1.54) is 37.9 Å². The molecule has 2 aliphatic heterocycles. The quantitative estimate of drug-likeness (QED) is 0.340. The van der Waals surface area contributed by atoms with Gasteiger partial charge >= 0.3 is 0 Å². The molecule has 2 unspecified atom stereocenters. The topological polar surface area (TPSA) is 48.9 Å². The molecule has 1 aromatic carbocycles. The number of nitrogens with one attached hydrogen (secondary N) is 2. The van der Waals surface area contributed by atoms with Crippen molar-refractivity contribution in [3.63, 3.8) is 0 Å². The minimum Gasteiger partial charge on any atom is -0.373 e. The highest BCUT2D eigenvalue weighted by molar-refractivity contribution is 14.0. The highest BCUT2D eigenvalue weighted by Gasteiger charge is 2.27. The van der Waals surface area contributed by atoms with Crippen molar-refractivity contribution in [2.45, 2.75) is 64.6 Å². The molecule has 2 atom stereocenters. The monoisotopic (exact) mass is 514 g/mol. The molecule has 2 heterocycles. The van der Waals surface area contributed by atoms with Crippen molar-refractivity contribution >= 4 is 29.9 Å². The van der Waals surface area contributed by atoms with Crippen LogP contribution in [0, 0.1) is 5.92 Å². The molecule has 0 radical (unpaired) electrons. The SMILES string of the molecule is CCNC(=NCC1CCCOC1c1ccccc1)NC1CCN(C(C)C)CC1.I. The van der Waals surface area contributed by atoms with Crippen LogP contribution in [-0.4, -0.2) is 55.7 Å². The molecule has 29 heavy (non-hydrogen) atoms. The molecule has 5 nitrogen and oxygen atoms in total. The van der Waals surface area contributed by atoms with E-state index in [0.29, 0.717) is 18.0 Å². The Labute approximate surface area is 194 Å². The zero-order chi connectivity index (χ0) is 19.8. The molecule has 0 bridgehead atoms. The van der Waals surface area contributed by atoms with Gasteiger partial charge < -0.3 is 20.3 Å². The molecule has 2 saturated heterocycles. The predicted molar refractivity (Wildman–Crippen MR) is 132 cm³/mol. The van der Waals surface area contributed by atoms with Gasteiger partial charge in [0.15, 0.2) is 5.96 Å². The molecular weight excluding hydrogens is 475 g/mol. The first-order chi connectivity index (χ1) is 13.7. The Hall–Kier alpha value is -0.860. The van der Waals surface area contributed by atoms with E-state index in [2.05, 4.69) is 66.6 Å². The van der Waals surface area contributed by atoms with E-state index < -0.39 is 0 Å². The Morgan fingerprint density at radius 1 is 1.17 bits per heavy atom. The molecule has 0 aliphatic carbocycles. The van der Waals surface area contributed by atoms with Crippen LogP contribution in [0.4, 0.5) is 0 Å². The molecule has 3 rings (SSSR count). The number of benzene rings is 1. The van der Waals surface area contributed by atoms with Crippen LogP contribution >= 0.6 is 24.0 Å². The molecule has 164 valence electrons. The highest BCUT2D eigenvalue weighted by atomic mass is 127. The molecule has 2 fully saturated rings. The summed E-state index contributed by atoms with van der Waals surface area (Å²) in [5, 5.41) is 7.12. The fourth-order valence-corrected chi connectivity index (χ4v) is 4.32. The highest BCUT2D eigenvalue weighted by Crippen LogP contribution is 2.33. The third kappa shape index (κ3) is 7.40. The van der Waals surface area contributed by atoms with Gasteiger partial charge in [-0.1, -0.05) is 30.3 Å². The van der Waals surface area contributed by atoms with Crippen molar-refractivity contribution in [3.05, 3.63) is 35.9 Å². The van der Waals surface area contributed by atoms with E-state index in [4.69, 9.17) is 9.73 Å². The number of hydrogen-bond acceptors (Lipinski definition) is 3. The number of likely N-dealkylation sites (tertiary alicyclic amines) is 1. The van der Waals surface area contributed by atoms with Crippen LogP contribution in [-0.2, 0) is 4.74 Å². The lowest BCUT2D eigenvalue weighted by molar-refractivity contribution is -0.0250. The standard InChI is InChI=1S/C23H38N4O.HI/c1-4-24-23(26-21-12-14-27(15-13-21)18(2)3)25-17-20-11-8-16-28-22(20)19-9-6-5-7-10-19;/h5-7,9-10,18,20-22H,4,8,11-17H2,1-3H3,(H2,24,25,26);1H. The van der Waals surface area contributed by atoms with Gasteiger partial charge in [-0.15, -0.1) is 24.0 Å². The van der Waals surface area contributed by atoms with Gasteiger partial charge in [-0.3, -0.25) is 4.99 Å².